The average Bonchev–Trinajstić information content (AvgIpc) is 3.37. The summed E-state index contributed by atoms with van der Waals surface area (Å²) in [4.78, 5) is 13.2. The van der Waals surface area contributed by atoms with Crippen LogP contribution in [0.2, 0.25) is 23.2 Å². The maximum atomic E-state index is 13.8. The van der Waals surface area contributed by atoms with E-state index in [-0.39, 0.29) is 53.2 Å². The molecule has 2 aromatic rings. The SMILES string of the molecule is CC(C)(C)[Si](C)(C)OC1CC2(c3nnc([C@H]4C[C@@H](OC(F)(F)F)C4)o3)CCC1(NC(=O)COc1ccc(Cl)c(F)c1)CC2. The van der Waals surface area contributed by atoms with E-state index in [2.05, 4.69) is 54.1 Å². The molecule has 0 radical (unpaired) electrons. The van der Waals surface area contributed by atoms with E-state index in [9.17, 15) is 22.4 Å². The Balaban J connectivity index is 1.31. The molecule has 6 rings (SSSR count). The van der Waals surface area contributed by atoms with Crippen molar-refractivity contribution < 1.29 is 40.7 Å². The number of hydrogen-bond acceptors (Lipinski definition) is 7. The third kappa shape index (κ3) is 6.74. The molecule has 0 saturated heterocycles. The van der Waals surface area contributed by atoms with Crippen molar-refractivity contribution in [3.8, 4) is 5.75 Å². The monoisotopic (exact) mass is 647 g/mol. The molecule has 4 saturated carbocycles. The van der Waals surface area contributed by atoms with Crippen LogP contribution in [-0.4, -0.2) is 55.1 Å². The minimum atomic E-state index is -4.67. The largest absolute Gasteiger partial charge is 0.522 e. The van der Waals surface area contributed by atoms with Gasteiger partial charge in [0.25, 0.3) is 5.91 Å². The lowest BCUT2D eigenvalue weighted by Crippen LogP contribution is -2.68. The number of ether oxygens (including phenoxy) is 2. The highest BCUT2D eigenvalue weighted by molar-refractivity contribution is 6.74. The number of nitrogens with one attached hydrogen (secondary N) is 1. The van der Waals surface area contributed by atoms with E-state index in [1.54, 1.807) is 0 Å². The normalized spacial score (nSPS) is 29.3. The molecule has 0 aliphatic heterocycles. The minimum Gasteiger partial charge on any atom is -0.484 e. The zero-order valence-electron chi connectivity index (χ0n) is 24.9. The molecule has 4 aliphatic rings. The summed E-state index contributed by atoms with van der Waals surface area (Å²) in [5.74, 6) is -0.241. The van der Waals surface area contributed by atoms with Gasteiger partial charge in [0, 0.05) is 12.0 Å². The van der Waals surface area contributed by atoms with Gasteiger partial charge in [-0.05, 0) is 75.2 Å². The van der Waals surface area contributed by atoms with Crippen molar-refractivity contribution in [3.63, 3.8) is 0 Å². The minimum absolute atomic E-state index is 0.0325. The van der Waals surface area contributed by atoms with E-state index >= 15 is 0 Å². The Labute approximate surface area is 254 Å². The van der Waals surface area contributed by atoms with Crippen molar-refractivity contribution in [2.24, 2.45) is 0 Å². The standard InChI is InChI=1S/C29H38ClF4N3O5Si/c1-26(2,3)43(4,5)42-22-15-27(25-37-36-24(40-25)17-12-19(13-17)41-29(32,33)34)8-10-28(22,11-9-27)35-23(38)16-39-18-6-7-20(30)21(31)14-18/h6-7,14,17,19,22H,8-13,15-16H2,1-5H3,(H,35,38)/t17-,19+,22?,27?,28?. The number of carbonyl (C=O) groups is 1. The number of carbonyl (C=O) groups excluding carboxylic acids is 1. The van der Waals surface area contributed by atoms with Crippen LogP contribution in [0.25, 0.3) is 0 Å². The van der Waals surface area contributed by atoms with Gasteiger partial charge in [0.1, 0.15) is 11.6 Å². The van der Waals surface area contributed by atoms with Gasteiger partial charge in [0.05, 0.1) is 28.2 Å². The van der Waals surface area contributed by atoms with Gasteiger partial charge >= 0.3 is 6.36 Å². The molecular weight excluding hydrogens is 610 g/mol. The fourth-order valence-corrected chi connectivity index (χ4v) is 7.63. The summed E-state index contributed by atoms with van der Waals surface area (Å²) < 4.78 is 74.3. The van der Waals surface area contributed by atoms with Crippen LogP contribution in [0.15, 0.2) is 22.6 Å². The van der Waals surface area contributed by atoms with Crippen LogP contribution >= 0.6 is 11.6 Å². The van der Waals surface area contributed by atoms with Crippen LogP contribution in [0.1, 0.15) is 83.4 Å². The quantitative estimate of drug-likeness (QED) is 0.227. The Bertz CT molecular complexity index is 1330. The van der Waals surface area contributed by atoms with Crippen molar-refractivity contribution in [2.75, 3.05) is 6.61 Å². The first-order chi connectivity index (χ1) is 19.9. The Morgan fingerprint density at radius 2 is 1.81 bits per heavy atom. The van der Waals surface area contributed by atoms with E-state index in [1.807, 2.05) is 0 Å². The highest BCUT2D eigenvalue weighted by Crippen LogP contribution is 2.56. The van der Waals surface area contributed by atoms with E-state index < -0.39 is 37.6 Å². The van der Waals surface area contributed by atoms with E-state index in [0.29, 0.717) is 43.9 Å². The molecule has 43 heavy (non-hydrogen) atoms. The van der Waals surface area contributed by atoms with Gasteiger partial charge in [-0.3, -0.25) is 9.53 Å². The lowest BCUT2D eigenvalue weighted by molar-refractivity contribution is -0.352. The summed E-state index contributed by atoms with van der Waals surface area (Å²) in [5, 5.41) is 11.7. The van der Waals surface area contributed by atoms with Crippen molar-refractivity contribution in [1.29, 1.82) is 0 Å². The molecule has 1 aromatic carbocycles. The van der Waals surface area contributed by atoms with Crippen molar-refractivity contribution in [1.82, 2.24) is 15.5 Å². The molecule has 238 valence electrons. The molecule has 8 nitrogen and oxygen atoms in total. The number of hydrogen-bond donors (Lipinski definition) is 1. The molecule has 1 N–H and O–H groups in total. The van der Waals surface area contributed by atoms with Crippen molar-refractivity contribution >= 4 is 25.8 Å². The van der Waals surface area contributed by atoms with Gasteiger partial charge in [0.2, 0.25) is 11.8 Å². The first kappa shape index (κ1) is 32.2. The molecule has 4 aliphatic carbocycles. The zero-order chi connectivity index (χ0) is 31.4. The first-order valence-electron chi connectivity index (χ1n) is 14.6. The highest BCUT2D eigenvalue weighted by Gasteiger charge is 2.60. The molecule has 0 spiro atoms. The van der Waals surface area contributed by atoms with Gasteiger partial charge in [-0.2, -0.15) is 0 Å². The number of aromatic nitrogens is 2. The molecule has 1 unspecified atom stereocenters. The third-order valence-corrected chi connectivity index (χ3v) is 14.6. The summed E-state index contributed by atoms with van der Waals surface area (Å²) in [6.45, 7) is 10.5. The second kappa shape index (κ2) is 11.3. The molecule has 1 amide bonds. The van der Waals surface area contributed by atoms with E-state index in [4.69, 9.17) is 25.2 Å². The number of benzene rings is 1. The Morgan fingerprint density at radius 1 is 1.14 bits per heavy atom. The maximum absolute atomic E-state index is 13.8. The number of rotatable bonds is 9. The van der Waals surface area contributed by atoms with Gasteiger partial charge in [-0.25, -0.2) is 4.39 Å². The van der Waals surface area contributed by atoms with Crippen molar-refractivity contribution in [3.05, 3.63) is 40.8 Å². The predicted octanol–water partition coefficient (Wildman–Crippen LogP) is 7.18. The van der Waals surface area contributed by atoms with Crippen LogP contribution in [-0.2, 0) is 19.4 Å². The molecule has 4 fully saturated rings. The lowest BCUT2D eigenvalue weighted by Gasteiger charge is -2.58. The number of fused-ring (bicyclic) bond motifs is 3. The van der Waals surface area contributed by atoms with Crippen LogP contribution in [0.5, 0.6) is 5.75 Å². The summed E-state index contributed by atoms with van der Waals surface area (Å²) >= 11 is 5.75. The molecule has 1 heterocycles. The fourth-order valence-electron chi connectivity index (χ4n) is 6.14. The summed E-state index contributed by atoms with van der Waals surface area (Å²) in [6, 6.07) is 4.01. The fraction of sp³-hybridized carbons (Fsp3) is 0.690. The second-order valence-electron chi connectivity index (χ2n) is 13.7. The first-order valence-corrected chi connectivity index (χ1v) is 17.8. The number of halogens is 5. The summed E-state index contributed by atoms with van der Waals surface area (Å²) in [5.41, 5.74) is -1.10. The zero-order valence-corrected chi connectivity index (χ0v) is 26.7. The molecule has 1 atom stereocenters. The van der Waals surface area contributed by atoms with E-state index in [0.717, 1.165) is 6.07 Å². The summed E-state index contributed by atoms with van der Waals surface area (Å²) in [7, 11) is -2.29. The van der Waals surface area contributed by atoms with Crippen LogP contribution < -0.4 is 10.1 Å². The predicted molar refractivity (Wildman–Crippen MR) is 152 cm³/mol. The number of nitrogens with zero attached hydrogens (tertiary/aromatic N) is 2. The van der Waals surface area contributed by atoms with E-state index in [1.165, 1.54) is 12.1 Å². The third-order valence-electron chi connectivity index (χ3n) is 9.82. The summed E-state index contributed by atoms with van der Waals surface area (Å²) in [6.07, 6.45) is -2.47. The smallest absolute Gasteiger partial charge is 0.484 e. The Morgan fingerprint density at radius 3 is 2.42 bits per heavy atom. The molecule has 14 heteroatoms. The molecule has 2 bridgehead atoms. The van der Waals surface area contributed by atoms with Gasteiger partial charge in [0.15, 0.2) is 14.9 Å². The van der Waals surface area contributed by atoms with Crippen LogP contribution in [0.4, 0.5) is 17.6 Å². The van der Waals surface area contributed by atoms with Crippen LogP contribution in [0.3, 0.4) is 0 Å². The Hall–Kier alpha value is -2.22. The lowest BCUT2D eigenvalue weighted by atomic mass is 9.55. The number of alkyl halides is 3. The van der Waals surface area contributed by atoms with Crippen LogP contribution in [0, 0.1) is 5.82 Å². The maximum Gasteiger partial charge on any atom is 0.522 e. The highest BCUT2D eigenvalue weighted by atomic mass is 35.5. The molecular formula is C29H38ClF4N3O5Si. The van der Waals surface area contributed by atoms with Gasteiger partial charge < -0.3 is 18.9 Å². The second-order valence-corrected chi connectivity index (χ2v) is 18.9. The van der Waals surface area contributed by atoms with Crippen molar-refractivity contribution in [2.45, 2.75) is 119 Å². The topological polar surface area (TPSA) is 95.7 Å². The Kier molecular flexibility index (Phi) is 8.45. The van der Waals surface area contributed by atoms with Gasteiger partial charge in [-0.1, -0.05) is 32.4 Å². The molecule has 1 aromatic heterocycles. The average molecular weight is 648 g/mol. The van der Waals surface area contributed by atoms with Gasteiger partial charge in [-0.15, -0.1) is 23.4 Å². The number of amides is 1.